The van der Waals surface area contributed by atoms with Crippen LogP contribution in [0.1, 0.15) is 10.4 Å². The molecule has 0 saturated carbocycles. The van der Waals surface area contributed by atoms with Crippen LogP contribution in [0.15, 0.2) is 46.9 Å². The predicted octanol–water partition coefficient (Wildman–Crippen LogP) is 3.55. The lowest BCUT2D eigenvalue weighted by molar-refractivity contribution is 0.102. The fourth-order valence-corrected chi connectivity index (χ4v) is 1.85. The summed E-state index contributed by atoms with van der Waals surface area (Å²) < 4.78 is 14.3. The summed E-state index contributed by atoms with van der Waals surface area (Å²) in [5, 5.41) is 11.6. The third-order valence-corrected chi connectivity index (χ3v) is 2.77. The lowest BCUT2D eigenvalue weighted by atomic mass is 10.2. The van der Waals surface area contributed by atoms with Crippen molar-refractivity contribution in [3.8, 4) is 5.75 Å². The van der Waals surface area contributed by atoms with Crippen LogP contribution in [0, 0.1) is 5.82 Å². The van der Waals surface area contributed by atoms with Crippen molar-refractivity contribution in [2.75, 3.05) is 5.32 Å². The zero-order valence-electron chi connectivity index (χ0n) is 9.15. The molecule has 2 N–H and O–H groups in total. The van der Waals surface area contributed by atoms with Gasteiger partial charge in [-0.15, -0.1) is 0 Å². The summed E-state index contributed by atoms with van der Waals surface area (Å²) in [5.41, 5.74) is 0.439. The molecular formula is C13H9BrFNO2. The first-order chi connectivity index (χ1) is 8.56. The fraction of sp³-hybridized carbons (Fsp3) is 0. The largest absolute Gasteiger partial charge is 0.508 e. The van der Waals surface area contributed by atoms with Crippen LogP contribution < -0.4 is 5.32 Å². The predicted molar refractivity (Wildman–Crippen MR) is 70.2 cm³/mol. The van der Waals surface area contributed by atoms with Crippen molar-refractivity contribution in [1.82, 2.24) is 0 Å². The van der Waals surface area contributed by atoms with Crippen molar-refractivity contribution < 1.29 is 14.3 Å². The number of phenols is 1. The number of phenolic OH excluding ortho intramolecular Hbond substituents is 1. The summed E-state index contributed by atoms with van der Waals surface area (Å²) in [6, 6.07) is 10.4. The molecule has 18 heavy (non-hydrogen) atoms. The van der Waals surface area contributed by atoms with Gasteiger partial charge in [-0.2, -0.15) is 0 Å². The maximum atomic E-state index is 13.5. The van der Waals surface area contributed by atoms with E-state index in [-0.39, 0.29) is 11.3 Å². The van der Waals surface area contributed by atoms with Crippen molar-refractivity contribution in [3.05, 3.63) is 58.3 Å². The second-order valence-corrected chi connectivity index (χ2v) is 4.54. The number of nitrogens with one attached hydrogen (secondary N) is 1. The average Bonchev–Trinajstić information content (AvgIpc) is 2.28. The Hall–Kier alpha value is -1.88. The van der Waals surface area contributed by atoms with Crippen LogP contribution in [0.2, 0.25) is 0 Å². The summed E-state index contributed by atoms with van der Waals surface area (Å²) >= 11 is 3.27. The van der Waals surface area contributed by atoms with Crippen LogP contribution in [-0.4, -0.2) is 11.0 Å². The van der Waals surface area contributed by atoms with E-state index in [1.165, 1.54) is 12.1 Å². The van der Waals surface area contributed by atoms with Gasteiger partial charge in [0, 0.05) is 16.2 Å². The van der Waals surface area contributed by atoms with Gasteiger partial charge in [0.05, 0.1) is 5.56 Å². The first kappa shape index (κ1) is 12.6. The van der Waals surface area contributed by atoms with Gasteiger partial charge in [0.2, 0.25) is 0 Å². The molecule has 0 aliphatic carbocycles. The van der Waals surface area contributed by atoms with E-state index in [1.807, 2.05) is 6.07 Å². The summed E-state index contributed by atoms with van der Waals surface area (Å²) in [7, 11) is 0. The number of benzene rings is 2. The van der Waals surface area contributed by atoms with Gasteiger partial charge in [0.25, 0.3) is 5.91 Å². The Bertz CT molecular complexity index is 601. The number of anilines is 1. The molecule has 0 aliphatic rings. The molecule has 0 aromatic heterocycles. The summed E-state index contributed by atoms with van der Waals surface area (Å²) in [4.78, 5) is 11.8. The average molecular weight is 310 g/mol. The van der Waals surface area contributed by atoms with Gasteiger partial charge in [-0.05, 0) is 30.3 Å². The van der Waals surface area contributed by atoms with E-state index < -0.39 is 11.7 Å². The number of amides is 1. The van der Waals surface area contributed by atoms with Crippen molar-refractivity contribution in [3.63, 3.8) is 0 Å². The van der Waals surface area contributed by atoms with E-state index in [1.54, 1.807) is 18.2 Å². The molecule has 0 radical (unpaired) electrons. The molecule has 0 unspecified atom stereocenters. The Kier molecular flexibility index (Phi) is 3.62. The van der Waals surface area contributed by atoms with Crippen molar-refractivity contribution in [2.24, 2.45) is 0 Å². The van der Waals surface area contributed by atoms with E-state index in [0.29, 0.717) is 5.69 Å². The van der Waals surface area contributed by atoms with Gasteiger partial charge in [0.15, 0.2) is 0 Å². The molecule has 2 aromatic carbocycles. The number of halogens is 2. The van der Waals surface area contributed by atoms with E-state index in [0.717, 1.165) is 10.5 Å². The van der Waals surface area contributed by atoms with Crippen LogP contribution in [-0.2, 0) is 0 Å². The summed E-state index contributed by atoms with van der Waals surface area (Å²) in [6.07, 6.45) is 0. The number of carbonyl (C=O) groups is 1. The molecule has 0 heterocycles. The van der Waals surface area contributed by atoms with Crippen LogP contribution in [0.25, 0.3) is 0 Å². The number of carbonyl (C=O) groups excluding carboxylic acids is 1. The Labute approximate surface area is 111 Å². The highest BCUT2D eigenvalue weighted by Crippen LogP contribution is 2.19. The van der Waals surface area contributed by atoms with Gasteiger partial charge in [0.1, 0.15) is 11.6 Å². The maximum Gasteiger partial charge on any atom is 0.258 e. The fourth-order valence-electron chi connectivity index (χ4n) is 1.45. The second-order valence-electron chi connectivity index (χ2n) is 3.63. The quantitative estimate of drug-likeness (QED) is 0.891. The minimum atomic E-state index is -0.762. The van der Waals surface area contributed by atoms with Gasteiger partial charge in [-0.3, -0.25) is 4.79 Å². The van der Waals surface area contributed by atoms with E-state index in [4.69, 9.17) is 5.11 Å². The minimum absolute atomic E-state index is 0.118. The topological polar surface area (TPSA) is 49.3 Å². The summed E-state index contributed by atoms with van der Waals surface area (Å²) in [5.74, 6) is -1.54. The molecule has 0 fully saturated rings. The van der Waals surface area contributed by atoms with Crippen LogP contribution in [0.5, 0.6) is 5.75 Å². The minimum Gasteiger partial charge on any atom is -0.508 e. The smallest absolute Gasteiger partial charge is 0.258 e. The molecule has 2 aromatic rings. The molecule has 5 heteroatoms. The Morgan fingerprint density at radius 3 is 2.67 bits per heavy atom. The molecule has 0 spiro atoms. The van der Waals surface area contributed by atoms with E-state index in [2.05, 4.69) is 21.2 Å². The molecule has 0 atom stereocenters. The monoisotopic (exact) mass is 309 g/mol. The van der Waals surface area contributed by atoms with Crippen LogP contribution in [0.4, 0.5) is 10.1 Å². The number of aromatic hydroxyl groups is 1. The highest BCUT2D eigenvalue weighted by molar-refractivity contribution is 9.10. The van der Waals surface area contributed by atoms with Crippen LogP contribution >= 0.6 is 15.9 Å². The Balaban J connectivity index is 2.22. The third-order valence-electron chi connectivity index (χ3n) is 2.28. The molecule has 0 saturated heterocycles. The van der Waals surface area contributed by atoms with Crippen LogP contribution in [0.3, 0.4) is 0 Å². The molecule has 3 nitrogen and oxygen atoms in total. The standard InChI is InChI=1S/C13H9BrFNO2/c14-8-2-1-3-9(6-8)16-13(18)11-5-4-10(17)7-12(11)15/h1-7,17H,(H,16,18). The molecule has 0 bridgehead atoms. The van der Waals surface area contributed by atoms with Gasteiger partial charge in [-0.1, -0.05) is 22.0 Å². The first-order valence-electron chi connectivity index (χ1n) is 5.12. The number of hydrogen-bond donors (Lipinski definition) is 2. The van der Waals surface area contributed by atoms with Gasteiger partial charge < -0.3 is 10.4 Å². The highest BCUT2D eigenvalue weighted by atomic mass is 79.9. The molecule has 0 aliphatic heterocycles. The zero-order chi connectivity index (χ0) is 13.1. The zero-order valence-corrected chi connectivity index (χ0v) is 10.7. The number of hydrogen-bond acceptors (Lipinski definition) is 2. The summed E-state index contributed by atoms with van der Waals surface area (Å²) in [6.45, 7) is 0. The normalized spacial score (nSPS) is 10.1. The Morgan fingerprint density at radius 1 is 1.22 bits per heavy atom. The molecular weight excluding hydrogens is 301 g/mol. The second kappa shape index (κ2) is 5.18. The highest BCUT2D eigenvalue weighted by Gasteiger charge is 2.12. The molecule has 2 rings (SSSR count). The lowest BCUT2D eigenvalue weighted by Crippen LogP contribution is -2.13. The molecule has 1 amide bonds. The Morgan fingerprint density at radius 2 is 2.00 bits per heavy atom. The van der Waals surface area contributed by atoms with Crippen molar-refractivity contribution in [2.45, 2.75) is 0 Å². The van der Waals surface area contributed by atoms with Crippen molar-refractivity contribution in [1.29, 1.82) is 0 Å². The van der Waals surface area contributed by atoms with E-state index >= 15 is 0 Å². The molecule has 92 valence electrons. The van der Waals surface area contributed by atoms with Crippen molar-refractivity contribution >= 4 is 27.5 Å². The first-order valence-corrected chi connectivity index (χ1v) is 5.91. The van der Waals surface area contributed by atoms with Gasteiger partial charge >= 0.3 is 0 Å². The van der Waals surface area contributed by atoms with E-state index in [9.17, 15) is 9.18 Å². The SMILES string of the molecule is O=C(Nc1cccc(Br)c1)c1ccc(O)cc1F. The van der Waals surface area contributed by atoms with Gasteiger partial charge in [-0.25, -0.2) is 4.39 Å². The maximum absolute atomic E-state index is 13.5. The number of rotatable bonds is 2. The third kappa shape index (κ3) is 2.87. The lowest BCUT2D eigenvalue weighted by Gasteiger charge is -2.06.